The third-order valence-electron chi connectivity index (χ3n) is 0.556. The van der Waals surface area contributed by atoms with Gasteiger partial charge in [0.15, 0.2) is 0 Å². The van der Waals surface area contributed by atoms with Crippen LogP contribution in [-0.4, -0.2) is 0 Å². The molecule has 0 fully saturated rings. The van der Waals surface area contributed by atoms with Gasteiger partial charge in [-0.3, -0.25) is 0 Å². The van der Waals surface area contributed by atoms with Crippen LogP contribution in [0.3, 0.4) is 0 Å². The zero-order valence-corrected chi connectivity index (χ0v) is 14.6. The number of hydrogen-bond donors (Lipinski definition) is 0. The second-order valence-electron chi connectivity index (χ2n) is 0.962. The van der Waals surface area contributed by atoms with Crippen molar-refractivity contribution in [2.45, 2.75) is 0 Å². The SMILES string of the molecule is [CH3-].[CH3-].[CH3-].[CH3-].[CH3-].[CH3-].[CH3-].[CH3-].[CH3-].[Ir].c1cc[cH-]c1. The van der Waals surface area contributed by atoms with Gasteiger partial charge >= 0.3 is 0 Å². The first-order chi connectivity index (χ1) is 2.50. The van der Waals surface area contributed by atoms with Crippen molar-refractivity contribution < 1.29 is 20.1 Å². The van der Waals surface area contributed by atoms with E-state index in [4.69, 9.17) is 0 Å². The average Bonchev–Trinajstić information content (AvgIpc) is 1.76. The molecule has 0 aliphatic carbocycles. The molecule has 0 atom stereocenters. The summed E-state index contributed by atoms with van der Waals surface area (Å²) in [7, 11) is 0. The van der Waals surface area contributed by atoms with E-state index in [1.54, 1.807) is 0 Å². The molecule has 0 aromatic heterocycles. The first-order valence-electron chi connectivity index (χ1n) is 1.67. The Labute approximate surface area is 117 Å². The van der Waals surface area contributed by atoms with Crippen molar-refractivity contribution in [3.8, 4) is 0 Å². The molecule has 0 aliphatic heterocycles. The number of rotatable bonds is 0. The molecule has 1 aromatic carbocycles. The number of hydrogen-bond acceptors (Lipinski definition) is 0. The fourth-order valence-electron chi connectivity index (χ4n) is 0.321. The van der Waals surface area contributed by atoms with Gasteiger partial charge in [-0.15, -0.1) is 0 Å². The summed E-state index contributed by atoms with van der Waals surface area (Å²) in [4.78, 5) is 0. The van der Waals surface area contributed by atoms with Crippen LogP contribution in [0.25, 0.3) is 0 Å². The Morgan fingerprint density at radius 3 is 0.733 bits per heavy atom. The summed E-state index contributed by atoms with van der Waals surface area (Å²) < 4.78 is 0. The fourth-order valence-corrected chi connectivity index (χ4v) is 0.321. The fraction of sp³-hybridized carbons (Fsp3) is 0. The van der Waals surface area contributed by atoms with E-state index in [9.17, 15) is 0 Å². The van der Waals surface area contributed by atoms with Crippen LogP contribution in [0.15, 0.2) is 30.3 Å². The maximum Gasteiger partial charge on any atom is 0 e. The van der Waals surface area contributed by atoms with Crippen molar-refractivity contribution >= 4 is 0 Å². The first-order valence-corrected chi connectivity index (χ1v) is 1.67. The molecule has 1 heteroatoms. The summed E-state index contributed by atoms with van der Waals surface area (Å²) >= 11 is 0. The second-order valence-corrected chi connectivity index (χ2v) is 0.962. The largest absolute Gasteiger partial charge is 0.358 e. The maximum absolute atomic E-state index is 2.00. The molecule has 0 N–H and O–H groups in total. The van der Waals surface area contributed by atoms with E-state index in [-0.39, 0.29) is 86.9 Å². The molecule has 1 radical (unpaired) electrons. The zero-order valence-electron chi connectivity index (χ0n) is 12.2. The van der Waals surface area contributed by atoms with Crippen molar-refractivity contribution in [2.75, 3.05) is 0 Å². The Balaban J connectivity index is -0.00000000312. The smallest absolute Gasteiger partial charge is 0 e. The molecule has 0 saturated heterocycles. The van der Waals surface area contributed by atoms with E-state index in [0.717, 1.165) is 0 Å². The zero-order chi connectivity index (χ0) is 3.54. The molecule has 0 unspecified atom stereocenters. The Bertz CT molecular complexity index is 61.8. The molecule has 0 spiro atoms. The van der Waals surface area contributed by atoms with Gasteiger partial charge in [0.2, 0.25) is 0 Å². The summed E-state index contributed by atoms with van der Waals surface area (Å²) in [5, 5.41) is 0. The topological polar surface area (TPSA) is 0 Å². The van der Waals surface area contributed by atoms with E-state index in [1.165, 1.54) is 0 Å². The van der Waals surface area contributed by atoms with Crippen LogP contribution in [0, 0.1) is 66.8 Å². The van der Waals surface area contributed by atoms with E-state index in [2.05, 4.69) is 0 Å². The third-order valence-corrected chi connectivity index (χ3v) is 0.556. The van der Waals surface area contributed by atoms with Crippen LogP contribution in [0.2, 0.25) is 0 Å². The van der Waals surface area contributed by atoms with Crippen molar-refractivity contribution in [2.24, 2.45) is 0 Å². The minimum atomic E-state index is 0. The van der Waals surface area contributed by atoms with Crippen LogP contribution in [0.4, 0.5) is 0 Å². The maximum atomic E-state index is 2.00. The van der Waals surface area contributed by atoms with Crippen LogP contribution in [-0.2, 0) is 20.1 Å². The Morgan fingerprint density at radius 1 is 0.467 bits per heavy atom. The van der Waals surface area contributed by atoms with Gasteiger partial charge in [0.05, 0.1) is 0 Å². The minimum Gasteiger partial charge on any atom is -0.358 e. The van der Waals surface area contributed by atoms with Crippen molar-refractivity contribution in [1.82, 2.24) is 0 Å². The molecule has 1 aromatic rings. The van der Waals surface area contributed by atoms with E-state index in [1.807, 2.05) is 30.3 Å². The molecule has 15 heavy (non-hydrogen) atoms. The van der Waals surface area contributed by atoms with Crippen molar-refractivity contribution in [3.63, 3.8) is 0 Å². The molecule has 0 amide bonds. The van der Waals surface area contributed by atoms with Crippen LogP contribution in [0.1, 0.15) is 0 Å². The Morgan fingerprint density at radius 2 is 0.667 bits per heavy atom. The molecular weight excluding hydrogens is 360 g/mol. The average molecular weight is 393 g/mol. The molecule has 0 aliphatic rings. The molecule has 0 heterocycles. The monoisotopic (exact) mass is 393 g/mol. The van der Waals surface area contributed by atoms with Crippen LogP contribution in [0.5, 0.6) is 0 Å². The standard InChI is InChI=1S/C5H5.9CH3.Ir/c1-2-4-5-3-1;;;;;;;;;;/h1-5H;9*1H3;/q10*-1;. The van der Waals surface area contributed by atoms with Gasteiger partial charge in [-0.05, 0) is 0 Å². The molecule has 0 bridgehead atoms. The van der Waals surface area contributed by atoms with Gasteiger partial charge in [0.25, 0.3) is 0 Å². The molecule has 0 nitrogen and oxygen atoms in total. The summed E-state index contributed by atoms with van der Waals surface area (Å²) in [5.41, 5.74) is 0. The van der Waals surface area contributed by atoms with Crippen molar-refractivity contribution in [1.29, 1.82) is 0 Å². The van der Waals surface area contributed by atoms with Gasteiger partial charge in [-0.2, -0.15) is 18.2 Å². The van der Waals surface area contributed by atoms with Gasteiger partial charge in [0.1, 0.15) is 0 Å². The van der Waals surface area contributed by atoms with Crippen LogP contribution >= 0.6 is 0 Å². The summed E-state index contributed by atoms with van der Waals surface area (Å²) in [6.45, 7) is 0. The van der Waals surface area contributed by atoms with E-state index >= 15 is 0 Å². The summed E-state index contributed by atoms with van der Waals surface area (Å²) in [6.07, 6.45) is 0. The molecular formula is C14H32Ir-10. The van der Waals surface area contributed by atoms with Crippen molar-refractivity contribution in [3.05, 3.63) is 97.2 Å². The van der Waals surface area contributed by atoms with Crippen LogP contribution < -0.4 is 0 Å². The normalized spacial score (nSPS) is 2.67. The Hall–Kier alpha value is -0.000649. The summed E-state index contributed by atoms with van der Waals surface area (Å²) in [6, 6.07) is 10.0. The van der Waals surface area contributed by atoms with E-state index < -0.39 is 0 Å². The second kappa shape index (κ2) is 94.7. The predicted molar refractivity (Wildman–Crippen MR) is 79.8 cm³/mol. The van der Waals surface area contributed by atoms with Gasteiger partial charge in [0, 0.05) is 20.1 Å². The summed E-state index contributed by atoms with van der Waals surface area (Å²) in [5.74, 6) is 0. The molecule has 107 valence electrons. The molecule has 0 saturated carbocycles. The van der Waals surface area contributed by atoms with Gasteiger partial charge in [-0.25, -0.2) is 12.1 Å². The first kappa shape index (κ1) is 118. The van der Waals surface area contributed by atoms with E-state index in [0.29, 0.717) is 0 Å². The minimum absolute atomic E-state index is 0. The quantitative estimate of drug-likeness (QED) is 0.515. The third kappa shape index (κ3) is 80.6. The predicted octanol–water partition coefficient (Wildman–Crippen LogP) is 5.46. The van der Waals surface area contributed by atoms with Gasteiger partial charge in [-0.1, -0.05) is 0 Å². The molecule has 1 rings (SSSR count). The Kier molecular flexibility index (Phi) is 742. The van der Waals surface area contributed by atoms with Gasteiger partial charge < -0.3 is 66.8 Å².